The third kappa shape index (κ3) is 4.65. The first-order valence-electron chi connectivity index (χ1n) is 9.26. The Kier molecular flexibility index (Phi) is 6.57. The average Bonchev–Trinajstić information content (AvgIpc) is 2.98. The van der Waals surface area contributed by atoms with E-state index in [2.05, 4.69) is 10.3 Å². The molecule has 2 aromatic carbocycles. The molecule has 28 heavy (non-hydrogen) atoms. The number of benzene rings is 2. The van der Waals surface area contributed by atoms with Crippen LogP contribution in [0, 0.1) is 5.82 Å². The van der Waals surface area contributed by atoms with Gasteiger partial charge in [-0.25, -0.2) is 9.37 Å². The number of carbonyl (C=O) groups is 1. The van der Waals surface area contributed by atoms with Crippen LogP contribution in [0.15, 0.2) is 36.4 Å². The van der Waals surface area contributed by atoms with Crippen LogP contribution in [0.5, 0.6) is 0 Å². The molecule has 1 N–H and O–H groups in total. The van der Waals surface area contributed by atoms with Gasteiger partial charge in [-0.05, 0) is 37.1 Å². The van der Waals surface area contributed by atoms with Gasteiger partial charge in [-0.15, -0.1) is 0 Å². The summed E-state index contributed by atoms with van der Waals surface area (Å²) in [5.41, 5.74) is 1.99. The van der Waals surface area contributed by atoms with Crippen molar-refractivity contribution in [2.45, 2.75) is 45.7 Å². The van der Waals surface area contributed by atoms with E-state index in [4.69, 9.17) is 23.2 Å². The molecule has 0 aliphatic rings. The number of hydrogen-bond acceptors (Lipinski definition) is 2. The molecule has 0 saturated heterocycles. The van der Waals surface area contributed by atoms with E-state index in [-0.39, 0.29) is 17.8 Å². The molecule has 4 nitrogen and oxygen atoms in total. The van der Waals surface area contributed by atoms with Gasteiger partial charge in [0.1, 0.15) is 11.6 Å². The molecule has 1 amide bonds. The fourth-order valence-corrected chi connectivity index (χ4v) is 3.34. The molecule has 148 valence electrons. The van der Waals surface area contributed by atoms with Crippen LogP contribution < -0.4 is 5.32 Å². The number of aromatic nitrogens is 2. The Morgan fingerprint density at radius 1 is 1.25 bits per heavy atom. The highest BCUT2D eigenvalue weighted by Crippen LogP contribution is 2.29. The normalized spacial score (nSPS) is 12.3. The van der Waals surface area contributed by atoms with E-state index in [1.807, 2.05) is 18.4 Å². The van der Waals surface area contributed by atoms with Crippen LogP contribution in [0.4, 0.5) is 4.39 Å². The van der Waals surface area contributed by atoms with E-state index in [9.17, 15) is 9.18 Å². The van der Waals surface area contributed by atoms with Gasteiger partial charge in [-0.3, -0.25) is 4.79 Å². The van der Waals surface area contributed by atoms with Gasteiger partial charge in [0.2, 0.25) is 5.91 Å². The number of nitrogens with zero attached hydrogens (tertiary/aromatic N) is 2. The zero-order chi connectivity index (χ0) is 20.3. The summed E-state index contributed by atoms with van der Waals surface area (Å²) in [5.74, 6) is 0.342. The van der Waals surface area contributed by atoms with E-state index < -0.39 is 0 Å². The molecular weight excluding hydrogens is 400 g/mol. The number of carbonyl (C=O) groups excluding carboxylic acids is 1. The van der Waals surface area contributed by atoms with Crippen LogP contribution in [0.1, 0.15) is 38.1 Å². The van der Waals surface area contributed by atoms with Crippen molar-refractivity contribution in [3.63, 3.8) is 0 Å². The molecule has 0 bridgehead atoms. The first-order chi connectivity index (χ1) is 13.4. The van der Waals surface area contributed by atoms with Gasteiger partial charge in [-0.1, -0.05) is 48.3 Å². The van der Waals surface area contributed by atoms with Crippen molar-refractivity contribution < 1.29 is 9.18 Å². The van der Waals surface area contributed by atoms with Crippen LogP contribution in [-0.4, -0.2) is 21.5 Å². The van der Waals surface area contributed by atoms with Crippen molar-refractivity contribution in [1.29, 1.82) is 0 Å². The number of amides is 1. The second kappa shape index (κ2) is 8.93. The predicted octanol–water partition coefficient (Wildman–Crippen LogP) is 5.38. The molecule has 3 aromatic rings. The summed E-state index contributed by atoms with van der Waals surface area (Å²) in [5, 5.41) is 3.78. The SMILES string of the molecule is CCC(C)NC(=O)CCn1c(Cc2ccccc2F)nc2cc(Cl)c(Cl)cc21. The molecule has 0 radical (unpaired) electrons. The largest absolute Gasteiger partial charge is 0.354 e. The van der Waals surface area contributed by atoms with E-state index in [0.717, 1.165) is 11.9 Å². The molecule has 1 aromatic heterocycles. The summed E-state index contributed by atoms with van der Waals surface area (Å²) in [6, 6.07) is 10.2. The number of hydrogen-bond donors (Lipinski definition) is 1. The highest BCUT2D eigenvalue weighted by molar-refractivity contribution is 6.42. The van der Waals surface area contributed by atoms with Gasteiger partial charge >= 0.3 is 0 Å². The Balaban J connectivity index is 1.94. The lowest BCUT2D eigenvalue weighted by Gasteiger charge is -2.13. The smallest absolute Gasteiger partial charge is 0.221 e. The number of halogens is 3. The van der Waals surface area contributed by atoms with Crippen LogP contribution in [0.3, 0.4) is 0 Å². The maximum Gasteiger partial charge on any atom is 0.221 e. The zero-order valence-corrected chi connectivity index (χ0v) is 17.3. The summed E-state index contributed by atoms with van der Waals surface area (Å²) in [7, 11) is 0. The number of aryl methyl sites for hydroxylation is 1. The minimum atomic E-state index is -0.285. The minimum absolute atomic E-state index is 0.0342. The summed E-state index contributed by atoms with van der Waals surface area (Å²) >= 11 is 12.3. The summed E-state index contributed by atoms with van der Waals surface area (Å²) < 4.78 is 16.1. The number of nitrogens with one attached hydrogen (secondary N) is 1. The van der Waals surface area contributed by atoms with E-state index in [1.165, 1.54) is 6.07 Å². The quantitative estimate of drug-likeness (QED) is 0.556. The van der Waals surface area contributed by atoms with Crippen LogP contribution in [0.25, 0.3) is 11.0 Å². The first kappa shape index (κ1) is 20.6. The van der Waals surface area contributed by atoms with Gasteiger partial charge in [-0.2, -0.15) is 0 Å². The van der Waals surface area contributed by atoms with E-state index >= 15 is 0 Å². The number of rotatable bonds is 7. The molecule has 0 spiro atoms. The van der Waals surface area contributed by atoms with Gasteiger partial charge in [0.05, 0.1) is 21.1 Å². The Hall–Kier alpha value is -2.11. The fourth-order valence-electron chi connectivity index (χ4n) is 3.03. The molecule has 0 fully saturated rings. The molecule has 1 heterocycles. The maximum atomic E-state index is 14.1. The topological polar surface area (TPSA) is 46.9 Å². The molecule has 1 atom stereocenters. The maximum absolute atomic E-state index is 14.1. The highest BCUT2D eigenvalue weighted by atomic mass is 35.5. The van der Waals surface area contributed by atoms with Gasteiger partial charge in [0, 0.05) is 25.4 Å². The third-order valence-electron chi connectivity index (χ3n) is 4.76. The van der Waals surface area contributed by atoms with Crippen molar-refractivity contribution in [2.24, 2.45) is 0 Å². The summed E-state index contributed by atoms with van der Waals surface area (Å²) in [6.45, 7) is 4.41. The third-order valence-corrected chi connectivity index (χ3v) is 5.48. The molecule has 3 rings (SSSR count). The molecule has 1 unspecified atom stereocenters. The monoisotopic (exact) mass is 421 g/mol. The lowest BCUT2D eigenvalue weighted by molar-refractivity contribution is -0.121. The fraction of sp³-hybridized carbons (Fsp3) is 0.333. The van der Waals surface area contributed by atoms with Crippen molar-refractivity contribution in [3.8, 4) is 0 Å². The average molecular weight is 422 g/mol. The molecule has 0 saturated carbocycles. The Morgan fingerprint density at radius 2 is 1.96 bits per heavy atom. The minimum Gasteiger partial charge on any atom is -0.354 e. The zero-order valence-electron chi connectivity index (χ0n) is 15.8. The first-order valence-corrected chi connectivity index (χ1v) is 10.0. The second-order valence-electron chi connectivity index (χ2n) is 6.83. The second-order valence-corrected chi connectivity index (χ2v) is 7.64. The predicted molar refractivity (Wildman–Crippen MR) is 111 cm³/mol. The number of fused-ring (bicyclic) bond motifs is 1. The lowest BCUT2D eigenvalue weighted by atomic mass is 10.1. The van der Waals surface area contributed by atoms with Crippen molar-refractivity contribution >= 4 is 40.1 Å². The van der Waals surface area contributed by atoms with Crippen LogP contribution in [-0.2, 0) is 17.8 Å². The van der Waals surface area contributed by atoms with Crippen molar-refractivity contribution in [2.75, 3.05) is 0 Å². The molecule has 0 aliphatic heterocycles. The number of imidazole rings is 1. The Bertz CT molecular complexity index is 1000. The van der Waals surface area contributed by atoms with Crippen molar-refractivity contribution in [3.05, 3.63) is 63.6 Å². The Morgan fingerprint density at radius 3 is 2.68 bits per heavy atom. The molecular formula is C21H22Cl2FN3O. The van der Waals surface area contributed by atoms with E-state index in [0.29, 0.717) is 46.3 Å². The summed E-state index contributed by atoms with van der Waals surface area (Å²) in [6.07, 6.45) is 1.47. The standard InChI is InChI=1S/C21H22Cl2FN3O/c1-3-13(2)25-21(28)8-9-27-19-12-16(23)15(22)11-18(19)26-20(27)10-14-6-4-5-7-17(14)24/h4-7,11-13H,3,8-10H2,1-2H3,(H,25,28). The lowest BCUT2D eigenvalue weighted by Crippen LogP contribution is -2.32. The van der Waals surface area contributed by atoms with Gasteiger partial charge in [0.15, 0.2) is 0 Å². The van der Waals surface area contributed by atoms with Gasteiger partial charge < -0.3 is 9.88 Å². The van der Waals surface area contributed by atoms with Gasteiger partial charge in [0.25, 0.3) is 0 Å². The van der Waals surface area contributed by atoms with Crippen LogP contribution >= 0.6 is 23.2 Å². The Labute approximate surface area is 173 Å². The summed E-state index contributed by atoms with van der Waals surface area (Å²) in [4.78, 5) is 16.9. The van der Waals surface area contributed by atoms with E-state index in [1.54, 1.807) is 30.3 Å². The van der Waals surface area contributed by atoms with Crippen LogP contribution in [0.2, 0.25) is 10.0 Å². The highest BCUT2D eigenvalue weighted by Gasteiger charge is 2.16. The molecule has 7 heteroatoms. The molecule has 0 aliphatic carbocycles. The van der Waals surface area contributed by atoms with Crippen molar-refractivity contribution in [1.82, 2.24) is 14.9 Å².